The van der Waals surface area contributed by atoms with E-state index in [1.807, 2.05) is 0 Å². The third-order valence-corrected chi connectivity index (χ3v) is 4.27. The van der Waals surface area contributed by atoms with Crippen LogP contribution in [0.1, 0.15) is 37.3 Å². The SMILES string of the molecule is CN(C)C(CC1CCCCN1)c1cccc(Br)c1. The van der Waals surface area contributed by atoms with E-state index in [1.165, 1.54) is 42.3 Å². The number of benzene rings is 1. The van der Waals surface area contributed by atoms with Crippen molar-refractivity contribution in [1.29, 1.82) is 0 Å². The number of rotatable bonds is 4. The topological polar surface area (TPSA) is 15.3 Å². The summed E-state index contributed by atoms with van der Waals surface area (Å²) in [5, 5.41) is 3.65. The quantitative estimate of drug-likeness (QED) is 0.914. The number of piperidine rings is 1. The monoisotopic (exact) mass is 310 g/mol. The van der Waals surface area contributed by atoms with Crippen LogP contribution in [-0.2, 0) is 0 Å². The van der Waals surface area contributed by atoms with E-state index in [1.54, 1.807) is 0 Å². The van der Waals surface area contributed by atoms with Crippen molar-refractivity contribution in [3.8, 4) is 0 Å². The lowest BCUT2D eigenvalue weighted by Gasteiger charge is -2.31. The summed E-state index contributed by atoms with van der Waals surface area (Å²) in [4.78, 5) is 2.33. The van der Waals surface area contributed by atoms with Crippen molar-refractivity contribution in [2.24, 2.45) is 0 Å². The lowest BCUT2D eigenvalue weighted by Crippen LogP contribution is -2.37. The van der Waals surface area contributed by atoms with Crippen molar-refractivity contribution in [2.75, 3.05) is 20.6 Å². The predicted octanol–water partition coefficient (Wildman–Crippen LogP) is 3.58. The minimum Gasteiger partial charge on any atom is -0.314 e. The maximum Gasteiger partial charge on any atom is 0.0357 e. The van der Waals surface area contributed by atoms with Gasteiger partial charge >= 0.3 is 0 Å². The van der Waals surface area contributed by atoms with Crippen LogP contribution in [0.15, 0.2) is 28.7 Å². The molecule has 1 saturated heterocycles. The second-order valence-electron chi connectivity index (χ2n) is 5.42. The van der Waals surface area contributed by atoms with Crippen molar-refractivity contribution in [3.05, 3.63) is 34.3 Å². The second kappa shape index (κ2) is 6.69. The molecule has 1 fully saturated rings. The first-order valence-electron chi connectivity index (χ1n) is 6.82. The second-order valence-corrected chi connectivity index (χ2v) is 6.33. The molecule has 2 atom stereocenters. The van der Waals surface area contributed by atoms with Gasteiger partial charge in [-0.3, -0.25) is 0 Å². The van der Waals surface area contributed by atoms with Gasteiger partial charge in [-0.1, -0.05) is 34.5 Å². The maximum absolute atomic E-state index is 3.65. The minimum atomic E-state index is 0.498. The summed E-state index contributed by atoms with van der Waals surface area (Å²) in [6.45, 7) is 1.18. The molecular formula is C15H23BrN2. The van der Waals surface area contributed by atoms with Crippen molar-refractivity contribution in [3.63, 3.8) is 0 Å². The Morgan fingerprint density at radius 3 is 2.83 bits per heavy atom. The van der Waals surface area contributed by atoms with Crippen molar-refractivity contribution in [2.45, 2.75) is 37.8 Å². The van der Waals surface area contributed by atoms with E-state index in [4.69, 9.17) is 0 Å². The minimum absolute atomic E-state index is 0.498. The first-order valence-corrected chi connectivity index (χ1v) is 7.61. The van der Waals surface area contributed by atoms with Gasteiger partial charge in [0.15, 0.2) is 0 Å². The van der Waals surface area contributed by atoms with E-state index in [-0.39, 0.29) is 0 Å². The molecule has 0 spiro atoms. The van der Waals surface area contributed by atoms with Crippen molar-refractivity contribution >= 4 is 15.9 Å². The van der Waals surface area contributed by atoms with Crippen molar-refractivity contribution in [1.82, 2.24) is 10.2 Å². The average molecular weight is 311 g/mol. The van der Waals surface area contributed by atoms with Crippen LogP contribution in [0.5, 0.6) is 0 Å². The Morgan fingerprint density at radius 2 is 2.22 bits per heavy atom. The third kappa shape index (κ3) is 3.81. The fourth-order valence-electron chi connectivity index (χ4n) is 2.75. The summed E-state index contributed by atoms with van der Waals surface area (Å²) in [5.74, 6) is 0. The Balaban J connectivity index is 2.07. The van der Waals surface area contributed by atoms with Gasteiger partial charge < -0.3 is 10.2 Å². The van der Waals surface area contributed by atoms with E-state index < -0.39 is 0 Å². The Hall–Kier alpha value is -0.380. The summed E-state index contributed by atoms with van der Waals surface area (Å²) in [6.07, 6.45) is 5.22. The molecule has 18 heavy (non-hydrogen) atoms. The van der Waals surface area contributed by atoms with Crippen LogP contribution < -0.4 is 5.32 Å². The largest absolute Gasteiger partial charge is 0.314 e. The molecule has 0 amide bonds. The van der Waals surface area contributed by atoms with Crippen LogP contribution in [0.25, 0.3) is 0 Å². The molecule has 1 aromatic rings. The van der Waals surface area contributed by atoms with Gasteiger partial charge in [-0.25, -0.2) is 0 Å². The molecule has 2 nitrogen and oxygen atoms in total. The Labute approximate surface area is 119 Å². The average Bonchev–Trinajstić information content (AvgIpc) is 2.37. The molecule has 1 heterocycles. The van der Waals surface area contributed by atoms with E-state index >= 15 is 0 Å². The number of hydrogen-bond acceptors (Lipinski definition) is 2. The van der Waals surface area contributed by atoms with Gasteiger partial charge in [0.2, 0.25) is 0 Å². The first kappa shape index (κ1) is 14.0. The van der Waals surface area contributed by atoms with E-state index in [2.05, 4.69) is 64.5 Å². The van der Waals surface area contributed by atoms with Gasteiger partial charge in [0, 0.05) is 16.6 Å². The van der Waals surface area contributed by atoms with Crippen LogP contribution >= 0.6 is 15.9 Å². The molecule has 0 saturated carbocycles. The standard InChI is InChI=1S/C15H23BrN2/c1-18(2)15(11-14-8-3-4-9-17-14)12-6-5-7-13(16)10-12/h5-7,10,14-15,17H,3-4,8-9,11H2,1-2H3. The van der Waals surface area contributed by atoms with Gasteiger partial charge in [0.05, 0.1) is 0 Å². The Kier molecular flexibility index (Phi) is 5.22. The van der Waals surface area contributed by atoms with Crippen LogP contribution in [0.3, 0.4) is 0 Å². The molecule has 0 bridgehead atoms. The highest BCUT2D eigenvalue weighted by Gasteiger charge is 2.21. The molecule has 0 aromatic heterocycles. The molecular weight excluding hydrogens is 288 g/mol. The smallest absolute Gasteiger partial charge is 0.0357 e. The fraction of sp³-hybridized carbons (Fsp3) is 0.600. The summed E-state index contributed by atoms with van der Waals surface area (Å²) in [7, 11) is 4.35. The van der Waals surface area contributed by atoms with E-state index in [9.17, 15) is 0 Å². The molecule has 1 aliphatic heterocycles. The Bertz CT molecular complexity index is 373. The lowest BCUT2D eigenvalue weighted by molar-refractivity contribution is 0.240. The molecule has 100 valence electrons. The van der Waals surface area contributed by atoms with Crippen molar-refractivity contribution < 1.29 is 0 Å². The van der Waals surface area contributed by atoms with Crippen LogP contribution in [0, 0.1) is 0 Å². The molecule has 3 heteroatoms. The number of nitrogens with one attached hydrogen (secondary N) is 1. The van der Waals surface area contributed by atoms with E-state index in [0.29, 0.717) is 12.1 Å². The van der Waals surface area contributed by atoms with Gasteiger partial charge in [0.25, 0.3) is 0 Å². The lowest BCUT2D eigenvalue weighted by atomic mass is 9.93. The summed E-state index contributed by atoms with van der Waals surface area (Å²) in [6, 6.07) is 9.87. The van der Waals surface area contributed by atoms with Crippen LogP contribution in [0.4, 0.5) is 0 Å². The zero-order chi connectivity index (χ0) is 13.0. The van der Waals surface area contributed by atoms with Gasteiger partial charge in [-0.15, -0.1) is 0 Å². The maximum atomic E-state index is 3.65. The zero-order valence-corrected chi connectivity index (χ0v) is 12.9. The zero-order valence-electron chi connectivity index (χ0n) is 11.3. The molecule has 1 aromatic carbocycles. The number of nitrogens with zero attached hydrogens (tertiary/aromatic N) is 1. The number of hydrogen-bond donors (Lipinski definition) is 1. The molecule has 0 aliphatic carbocycles. The highest BCUT2D eigenvalue weighted by molar-refractivity contribution is 9.10. The molecule has 0 radical (unpaired) electrons. The summed E-state index contributed by atoms with van der Waals surface area (Å²) in [5.41, 5.74) is 1.40. The molecule has 2 unspecified atom stereocenters. The third-order valence-electron chi connectivity index (χ3n) is 3.78. The predicted molar refractivity (Wildman–Crippen MR) is 80.8 cm³/mol. The first-order chi connectivity index (χ1) is 8.66. The van der Waals surface area contributed by atoms with Crippen LogP contribution in [0.2, 0.25) is 0 Å². The van der Waals surface area contributed by atoms with E-state index in [0.717, 1.165) is 0 Å². The molecule has 1 aliphatic rings. The molecule has 1 N–H and O–H groups in total. The summed E-state index contributed by atoms with van der Waals surface area (Å²) >= 11 is 3.57. The number of halogens is 1. The molecule has 2 rings (SSSR count). The fourth-order valence-corrected chi connectivity index (χ4v) is 3.17. The van der Waals surface area contributed by atoms with Crippen LogP contribution in [-0.4, -0.2) is 31.6 Å². The highest BCUT2D eigenvalue weighted by Crippen LogP contribution is 2.27. The van der Waals surface area contributed by atoms with Gasteiger partial charge in [0.1, 0.15) is 0 Å². The Morgan fingerprint density at radius 1 is 1.39 bits per heavy atom. The highest BCUT2D eigenvalue weighted by atomic mass is 79.9. The summed E-state index contributed by atoms with van der Waals surface area (Å²) < 4.78 is 1.17. The normalized spacial score (nSPS) is 22.1. The van der Waals surface area contributed by atoms with Gasteiger partial charge in [-0.2, -0.15) is 0 Å². The van der Waals surface area contributed by atoms with Gasteiger partial charge in [-0.05, 0) is 57.6 Å².